The van der Waals surface area contributed by atoms with Crippen LogP contribution in [0.1, 0.15) is 11.1 Å². The number of methoxy groups -OCH3 is 1. The zero-order valence-electron chi connectivity index (χ0n) is 11.3. The Bertz CT molecular complexity index is 662. The molecule has 1 aromatic heterocycles. The van der Waals surface area contributed by atoms with Gasteiger partial charge in [-0.1, -0.05) is 6.07 Å². The highest BCUT2D eigenvalue weighted by Gasteiger charge is 2.08. The number of aryl methyl sites for hydroxylation is 1. The van der Waals surface area contributed by atoms with Gasteiger partial charge in [0, 0.05) is 18.4 Å². The standard InChI is InChI=1S/C15H17NO2S/c1-10-8-11(5-7-14(10)18-3)13-6-4-12(9-19)15(17)16(13)2/h4-8,19H,9H2,1-3H3. The lowest BCUT2D eigenvalue weighted by atomic mass is 10.1. The van der Waals surface area contributed by atoms with Crippen molar-refractivity contribution in [3.8, 4) is 17.0 Å². The molecule has 0 aliphatic heterocycles. The van der Waals surface area contributed by atoms with Crippen molar-refractivity contribution < 1.29 is 4.74 Å². The number of nitrogens with zero attached hydrogens (tertiary/aromatic N) is 1. The fourth-order valence-electron chi connectivity index (χ4n) is 2.14. The molecule has 1 aromatic carbocycles. The average molecular weight is 275 g/mol. The Labute approximate surface area is 118 Å². The summed E-state index contributed by atoms with van der Waals surface area (Å²) >= 11 is 4.16. The SMILES string of the molecule is COc1ccc(-c2ccc(CS)c(=O)n2C)cc1C. The lowest BCUT2D eigenvalue weighted by molar-refractivity contribution is 0.412. The molecular formula is C15H17NO2S. The number of benzene rings is 1. The molecule has 0 aliphatic rings. The van der Waals surface area contributed by atoms with E-state index >= 15 is 0 Å². The van der Waals surface area contributed by atoms with E-state index in [9.17, 15) is 4.79 Å². The van der Waals surface area contributed by atoms with Gasteiger partial charge in [0.2, 0.25) is 0 Å². The Morgan fingerprint density at radius 1 is 1.26 bits per heavy atom. The maximum atomic E-state index is 12.1. The van der Waals surface area contributed by atoms with Gasteiger partial charge in [-0.25, -0.2) is 0 Å². The molecule has 0 saturated carbocycles. The van der Waals surface area contributed by atoms with E-state index < -0.39 is 0 Å². The average Bonchev–Trinajstić information content (AvgIpc) is 2.41. The van der Waals surface area contributed by atoms with Crippen LogP contribution < -0.4 is 10.3 Å². The number of hydrogen-bond acceptors (Lipinski definition) is 3. The first-order valence-electron chi connectivity index (χ1n) is 6.03. The summed E-state index contributed by atoms with van der Waals surface area (Å²) < 4.78 is 6.91. The van der Waals surface area contributed by atoms with Gasteiger partial charge in [0.15, 0.2) is 0 Å². The van der Waals surface area contributed by atoms with Crippen LogP contribution in [0.15, 0.2) is 35.1 Å². The molecule has 0 fully saturated rings. The minimum Gasteiger partial charge on any atom is -0.496 e. The second kappa shape index (κ2) is 5.53. The lowest BCUT2D eigenvalue weighted by Gasteiger charge is -2.12. The fraction of sp³-hybridized carbons (Fsp3) is 0.267. The van der Waals surface area contributed by atoms with Crippen molar-refractivity contribution in [3.63, 3.8) is 0 Å². The smallest absolute Gasteiger partial charge is 0.254 e. The molecule has 0 unspecified atom stereocenters. The molecule has 0 aliphatic carbocycles. The monoisotopic (exact) mass is 275 g/mol. The minimum absolute atomic E-state index is 0.000899. The number of thiol groups is 1. The maximum absolute atomic E-state index is 12.1. The first kappa shape index (κ1) is 13.7. The predicted molar refractivity (Wildman–Crippen MR) is 81.1 cm³/mol. The zero-order valence-corrected chi connectivity index (χ0v) is 12.2. The van der Waals surface area contributed by atoms with Gasteiger partial charge < -0.3 is 9.30 Å². The van der Waals surface area contributed by atoms with Crippen molar-refractivity contribution in [3.05, 3.63) is 51.8 Å². The number of ether oxygens (including phenoxy) is 1. The summed E-state index contributed by atoms with van der Waals surface area (Å²) in [5.74, 6) is 1.30. The minimum atomic E-state index is 0.000899. The molecule has 100 valence electrons. The fourth-order valence-corrected chi connectivity index (χ4v) is 2.38. The van der Waals surface area contributed by atoms with Gasteiger partial charge in [0.05, 0.1) is 12.8 Å². The van der Waals surface area contributed by atoms with Gasteiger partial charge in [-0.15, -0.1) is 0 Å². The van der Waals surface area contributed by atoms with Gasteiger partial charge >= 0.3 is 0 Å². The van der Waals surface area contributed by atoms with Gasteiger partial charge in [-0.3, -0.25) is 4.79 Å². The molecule has 0 bridgehead atoms. The molecule has 0 atom stereocenters. The van der Waals surface area contributed by atoms with Crippen molar-refractivity contribution in [2.45, 2.75) is 12.7 Å². The molecule has 2 aromatic rings. The van der Waals surface area contributed by atoms with Crippen LogP contribution in [0.5, 0.6) is 5.75 Å². The quantitative estimate of drug-likeness (QED) is 0.873. The van der Waals surface area contributed by atoms with Gasteiger partial charge in [0.25, 0.3) is 5.56 Å². The van der Waals surface area contributed by atoms with Crippen LogP contribution in [0.3, 0.4) is 0 Å². The maximum Gasteiger partial charge on any atom is 0.254 e. The Balaban J connectivity index is 2.57. The molecular weight excluding hydrogens is 258 g/mol. The van der Waals surface area contributed by atoms with Crippen molar-refractivity contribution >= 4 is 12.6 Å². The highest BCUT2D eigenvalue weighted by Crippen LogP contribution is 2.25. The molecule has 0 saturated heterocycles. The molecule has 0 amide bonds. The Morgan fingerprint density at radius 3 is 2.58 bits per heavy atom. The first-order chi connectivity index (χ1) is 9.08. The van der Waals surface area contributed by atoms with E-state index in [1.54, 1.807) is 18.7 Å². The van der Waals surface area contributed by atoms with Crippen LogP contribution in [0.25, 0.3) is 11.3 Å². The number of aromatic nitrogens is 1. The van der Waals surface area contributed by atoms with Gasteiger partial charge in [0.1, 0.15) is 5.75 Å². The third kappa shape index (κ3) is 2.54. The van der Waals surface area contributed by atoms with Crippen LogP contribution in [-0.2, 0) is 12.8 Å². The van der Waals surface area contributed by atoms with Crippen LogP contribution in [0.2, 0.25) is 0 Å². The highest BCUT2D eigenvalue weighted by molar-refractivity contribution is 7.79. The van der Waals surface area contributed by atoms with Crippen molar-refractivity contribution in [1.29, 1.82) is 0 Å². The Kier molecular flexibility index (Phi) is 4.00. The molecule has 0 radical (unpaired) electrons. The number of rotatable bonds is 3. The van der Waals surface area contributed by atoms with E-state index in [2.05, 4.69) is 12.6 Å². The summed E-state index contributed by atoms with van der Waals surface area (Å²) in [5.41, 5.74) is 3.65. The molecule has 1 heterocycles. The van der Waals surface area contributed by atoms with Gasteiger partial charge in [-0.2, -0.15) is 12.6 Å². The van der Waals surface area contributed by atoms with Gasteiger partial charge in [-0.05, 0) is 42.3 Å². The summed E-state index contributed by atoms with van der Waals surface area (Å²) in [6, 6.07) is 9.69. The predicted octanol–water partition coefficient (Wildman–Crippen LogP) is 2.80. The first-order valence-corrected chi connectivity index (χ1v) is 6.66. The lowest BCUT2D eigenvalue weighted by Crippen LogP contribution is -2.21. The summed E-state index contributed by atoms with van der Waals surface area (Å²) in [7, 11) is 3.43. The van der Waals surface area contributed by atoms with Crippen LogP contribution in [0, 0.1) is 6.92 Å². The molecule has 3 nitrogen and oxygen atoms in total. The summed E-state index contributed by atoms with van der Waals surface area (Å²) in [6.07, 6.45) is 0. The third-order valence-corrected chi connectivity index (χ3v) is 3.58. The van der Waals surface area contributed by atoms with E-state index in [1.807, 2.05) is 37.3 Å². The van der Waals surface area contributed by atoms with E-state index in [1.165, 1.54) is 0 Å². The second-order valence-electron chi connectivity index (χ2n) is 4.45. The summed E-state index contributed by atoms with van der Waals surface area (Å²) in [6.45, 7) is 1.99. The molecule has 19 heavy (non-hydrogen) atoms. The van der Waals surface area contributed by atoms with Crippen LogP contribution in [-0.4, -0.2) is 11.7 Å². The largest absolute Gasteiger partial charge is 0.496 e. The highest BCUT2D eigenvalue weighted by atomic mass is 32.1. The van der Waals surface area contributed by atoms with Crippen molar-refractivity contribution in [1.82, 2.24) is 4.57 Å². The molecule has 0 spiro atoms. The van der Waals surface area contributed by atoms with Crippen LogP contribution >= 0.6 is 12.6 Å². The third-order valence-electron chi connectivity index (χ3n) is 3.24. The van der Waals surface area contributed by atoms with E-state index in [0.717, 1.165) is 22.6 Å². The number of hydrogen-bond donors (Lipinski definition) is 1. The second-order valence-corrected chi connectivity index (χ2v) is 4.77. The summed E-state index contributed by atoms with van der Waals surface area (Å²) in [4.78, 5) is 12.1. The molecule has 2 rings (SSSR count). The number of pyridine rings is 1. The normalized spacial score (nSPS) is 10.5. The van der Waals surface area contributed by atoms with Crippen molar-refractivity contribution in [2.24, 2.45) is 7.05 Å². The van der Waals surface area contributed by atoms with E-state index in [4.69, 9.17) is 4.74 Å². The summed E-state index contributed by atoms with van der Waals surface area (Å²) in [5, 5.41) is 0. The molecule has 4 heteroatoms. The zero-order chi connectivity index (χ0) is 14.0. The topological polar surface area (TPSA) is 31.2 Å². The molecule has 0 N–H and O–H groups in total. The van der Waals surface area contributed by atoms with E-state index in [-0.39, 0.29) is 5.56 Å². The Hall–Kier alpha value is -1.68. The van der Waals surface area contributed by atoms with E-state index in [0.29, 0.717) is 11.3 Å². The Morgan fingerprint density at radius 2 is 2.00 bits per heavy atom. The van der Waals surface area contributed by atoms with Crippen LogP contribution in [0.4, 0.5) is 0 Å². The van der Waals surface area contributed by atoms with Crippen molar-refractivity contribution in [2.75, 3.05) is 7.11 Å².